The molecule has 3 nitrogen and oxygen atoms in total. The molecule has 1 fully saturated rings. The van der Waals surface area contributed by atoms with Crippen molar-refractivity contribution < 1.29 is 17.9 Å². The fourth-order valence-corrected chi connectivity index (χ4v) is 3.99. The lowest BCUT2D eigenvalue weighted by atomic mass is 10.1. The molecule has 0 saturated heterocycles. The molecule has 0 spiro atoms. The second-order valence-corrected chi connectivity index (χ2v) is 6.42. The van der Waals surface area contributed by atoms with Crippen LogP contribution in [0.15, 0.2) is 24.3 Å². The van der Waals surface area contributed by atoms with Gasteiger partial charge in [-0.25, -0.2) is 12.8 Å². The van der Waals surface area contributed by atoms with Crippen molar-refractivity contribution in [3.63, 3.8) is 0 Å². The first kappa shape index (κ1) is 11.5. The summed E-state index contributed by atoms with van der Waals surface area (Å²) in [6, 6.07) is 5.89. The third-order valence-electron chi connectivity index (χ3n) is 3.04. The minimum atomic E-state index is -3.18. The van der Waals surface area contributed by atoms with Gasteiger partial charge in [0, 0.05) is 24.7 Å². The van der Waals surface area contributed by atoms with Crippen LogP contribution in [0.3, 0.4) is 0 Å². The summed E-state index contributed by atoms with van der Waals surface area (Å²) >= 11 is 0. The van der Waals surface area contributed by atoms with Gasteiger partial charge in [-0.3, -0.25) is 0 Å². The highest BCUT2D eigenvalue weighted by Crippen LogP contribution is 2.51. The van der Waals surface area contributed by atoms with Gasteiger partial charge in [-0.05, 0) is 17.7 Å². The summed E-state index contributed by atoms with van der Waals surface area (Å²) in [7, 11) is -3.18. The highest BCUT2D eigenvalue weighted by atomic mass is 32.2. The normalized spacial score (nSPS) is 29.1. The zero-order valence-electron chi connectivity index (χ0n) is 8.80. The molecule has 0 radical (unpaired) electrons. The molecule has 88 valence electrons. The summed E-state index contributed by atoms with van der Waals surface area (Å²) < 4.78 is 35.9. The number of aliphatic hydroxyl groups is 1. The fraction of sp³-hybridized carbons (Fsp3) is 0.455. The Morgan fingerprint density at radius 3 is 2.56 bits per heavy atom. The van der Waals surface area contributed by atoms with Gasteiger partial charge < -0.3 is 5.11 Å². The van der Waals surface area contributed by atoms with Crippen LogP contribution in [0.5, 0.6) is 0 Å². The summed E-state index contributed by atoms with van der Waals surface area (Å²) in [5.41, 5.74) is 0.648. The second kappa shape index (κ2) is 3.82. The van der Waals surface area contributed by atoms with Gasteiger partial charge in [-0.2, -0.15) is 0 Å². The van der Waals surface area contributed by atoms with Gasteiger partial charge in [0.15, 0.2) is 9.84 Å². The number of aliphatic hydroxyl groups excluding tert-OH is 1. The van der Waals surface area contributed by atoms with E-state index in [1.165, 1.54) is 12.1 Å². The van der Waals surface area contributed by atoms with E-state index in [-0.39, 0.29) is 24.3 Å². The van der Waals surface area contributed by atoms with E-state index in [4.69, 9.17) is 5.11 Å². The molecule has 1 N–H and O–H groups in total. The molecular formula is C11H13FO3S. The predicted octanol–water partition coefficient (Wildman–Crippen LogP) is 0.945. The zero-order chi connectivity index (χ0) is 11.9. The van der Waals surface area contributed by atoms with Crippen LogP contribution in [0, 0.1) is 11.7 Å². The van der Waals surface area contributed by atoms with E-state index < -0.39 is 15.1 Å². The summed E-state index contributed by atoms with van der Waals surface area (Å²) in [4.78, 5) is 0. The molecule has 16 heavy (non-hydrogen) atoms. The summed E-state index contributed by atoms with van der Waals surface area (Å²) in [6.45, 7) is -0.182. The van der Waals surface area contributed by atoms with Crippen molar-refractivity contribution in [3.05, 3.63) is 35.6 Å². The Morgan fingerprint density at radius 1 is 1.44 bits per heavy atom. The maximum Gasteiger partial charge on any atom is 0.151 e. The molecule has 0 amide bonds. The van der Waals surface area contributed by atoms with Crippen molar-refractivity contribution in [2.24, 2.45) is 5.92 Å². The quantitative estimate of drug-likeness (QED) is 0.861. The number of hydrogen-bond acceptors (Lipinski definition) is 3. The average molecular weight is 244 g/mol. The Labute approximate surface area is 93.8 Å². The Morgan fingerprint density at radius 2 is 2.12 bits per heavy atom. The van der Waals surface area contributed by atoms with E-state index in [0.717, 1.165) is 6.26 Å². The highest BCUT2D eigenvalue weighted by molar-refractivity contribution is 7.91. The molecule has 5 heteroatoms. The third kappa shape index (κ3) is 1.97. The molecule has 0 bridgehead atoms. The van der Waals surface area contributed by atoms with Crippen LogP contribution in [-0.4, -0.2) is 31.6 Å². The van der Waals surface area contributed by atoms with Gasteiger partial charge in [0.05, 0.1) is 5.25 Å². The number of halogens is 1. The van der Waals surface area contributed by atoms with Crippen LogP contribution in [0.2, 0.25) is 0 Å². The van der Waals surface area contributed by atoms with Crippen molar-refractivity contribution >= 4 is 9.84 Å². The van der Waals surface area contributed by atoms with Gasteiger partial charge in [-0.15, -0.1) is 0 Å². The lowest BCUT2D eigenvalue weighted by molar-refractivity contribution is 0.274. The SMILES string of the molecule is CS(=O)(=O)[C@@H]1[C@H](CO)[C@@H]1c1cccc(F)c1. The van der Waals surface area contributed by atoms with Crippen molar-refractivity contribution in [1.29, 1.82) is 0 Å². The molecule has 0 aromatic heterocycles. The standard InChI is InChI=1S/C11H13FO3S/c1-16(14,15)11-9(6-13)10(11)7-3-2-4-8(12)5-7/h2-5,9-11,13H,6H2,1H3/t9-,10+,11-/m1/s1. The zero-order valence-corrected chi connectivity index (χ0v) is 9.61. The van der Waals surface area contributed by atoms with E-state index in [1.807, 2.05) is 0 Å². The molecule has 1 aliphatic carbocycles. The molecule has 1 aromatic carbocycles. The van der Waals surface area contributed by atoms with Gasteiger partial charge in [0.25, 0.3) is 0 Å². The minimum Gasteiger partial charge on any atom is -0.396 e. The molecule has 1 saturated carbocycles. The maximum atomic E-state index is 13.0. The highest BCUT2D eigenvalue weighted by Gasteiger charge is 2.56. The predicted molar refractivity (Wildman–Crippen MR) is 58.3 cm³/mol. The summed E-state index contributed by atoms with van der Waals surface area (Å²) in [6.07, 6.45) is 1.15. The Hall–Kier alpha value is -0.940. The van der Waals surface area contributed by atoms with Crippen LogP contribution in [0.1, 0.15) is 11.5 Å². The van der Waals surface area contributed by atoms with Crippen LogP contribution < -0.4 is 0 Å². The Bertz CT molecular complexity index is 498. The molecule has 1 aliphatic rings. The van der Waals surface area contributed by atoms with Crippen molar-refractivity contribution in [3.8, 4) is 0 Å². The Balaban J connectivity index is 2.30. The van der Waals surface area contributed by atoms with Gasteiger partial charge in [-0.1, -0.05) is 12.1 Å². The number of rotatable bonds is 3. The van der Waals surface area contributed by atoms with Gasteiger partial charge in [0.1, 0.15) is 5.82 Å². The van der Waals surface area contributed by atoms with Crippen molar-refractivity contribution in [1.82, 2.24) is 0 Å². The van der Waals surface area contributed by atoms with Crippen molar-refractivity contribution in [2.45, 2.75) is 11.2 Å². The van der Waals surface area contributed by atoms with Crippen LogP contribution in [-0.2, 0) is 9.84 Å². The molecule has 0 heterocycles. The monoisotopic (exact) mass is 244 g/mol. The lowest BCUT2D eigenvalue weighted by Crippen LogP contribution is -2.08. The smallest absolute Gasteiger partial charge is 0.151 e. The molecule has 0 aliphatic heterocycles. The fourth-order valence-electron chi connectivity index (χ4n) is 2.29. The molecular weight excluding hydrogens is 231 g/mol. The first-order chi connectivity index (χ1) is 7.45. The maximum absolute atomic E-state index is 13.0. The lowest BCUT2D eigenvalue weighted by Gasteiger charge is -1.99. The third-order valence-corrected chi connectivity index (χ3v) is 4.67. The Kier molecular flexibility index (Phi) is 2.75. The number of hydrogen-bond donors (Lipinski definition) is 1. The van der Waals surface area contributed by atoms with Crippen molar-refractivity contribution in [2.75, 3.05) is 12.9 Å². The van der Waals surface area contributed by atoms with E-state index in [0.29, 0.717) is 5.56 Å². The van der Waals surface area contributed by atoms with E-state index in [1.54, 1.807) is 12.1 Å². The summed E-state index contributed by atoms with van der Waals surface area (Å²) in [5.74, 6) is -0.944. The number of benzene rings is 1. The largest absolute Gasteiger partial charge is 0.396 e. The van der Waals surface area contributed by atoms with E-state index in [2.05, 4.69) is 0 Å². The molecule has 3 atom stereocenters. The van der Waals surface area contributed by atoms with E-state index >= 15 is 0 Å². The van der Waals surface area contributed by atoms with Gasteiger partial charge in [0.2, 0.25) is 0 Å². The average Bonchev–Trinajstić information content (AvgIpc) is 2.91. The number of sulfone groups is 1. The molecule has 2 rings (SSSR count). The second-order valence-electron chi connectivity index (χ2n) is 4.22. The molecule has 0 unspecified atom stereocenters. The van der Waals surface area contributed by atoms with Crippen LogP contribution in [0.25, 0.3) is 0 Å². The van der Waals surface area contributed by atoms with E-state index in [9.17, 15) is 12.8 Å². The first-order valence-electron chi connectivity index (χ1n) is 5.00. The van der Waals surface area contributed by atoms with Gasteiger partial charge >= 0.3 is 0 Å². The minimum absolute atomic E-state index is 0.182. The van der Waals surface area contributed by atoms with Crippen LogP contribution >= 0.6 is 0 Å². The molecule has 1 aromatic rings. The van der Waals surface area contributed by atoms with Crippen LogP contribution in [0.4, 0.5) is 4.39 Å². The topological polar surface area (TPSA) is 54.4 Å². The first-order valence-corrected chi connectivity index (χ1v) is 6.96. The summed E-state index contributed by atoms with van der Waals surface area (Å²) in [5, 5.41) is 8.51.